The number of hydrogen-bond donors (Lipinski definition) is 6. The predicted octanol–water partition coefficient (Wildman–Crippen LogP) is -0.957. The highest BCUT2D eigenvalue weighted by Crippen LogP contribution is 1.45. The maximum absolute atomic E-state index is 8.67. The second-order valence-electron chi connectivity index (χ2n) is 0.692. The van der Waals surface area contributed by atoms with Gasteiger partial charge in [0.2, 0.25) is 0 Å². The average molecular weight is 246 g/mol. The molecule has 0 atom stereocenters. The van der Waals surface area contributed by atoms with E-state index < -0.39 is 34.1 Å². The largest absolute Gasteiger partial charge is 0.299 e. The van der Waals surface area contributed by atoms with Crippen LogP contribution in [0.4, 0.5) is 0 Å². The zero-order valence-electron chi connectivity index (χ0n) is 5.13. The molecule has 0 unspecified atom stereocenters. The van der Waals surface area contributed by atoms with Gasteiger partial charge < -0.3 is 0 Å². The highest BCUT2D eigenvalue weighted by atomic mass is 32.2. The van der Waals surface area contributed by atoms with Crippen LogP contribution in [0.25, 0.3) is 0 Å². The van der Waals surface area contributed by atoms with Crippen molar-refractivity contribution in [2.45, 2.75) is 0 Å². The summed E-state index contributed by atoms with van der Waals surface area (Å²) in [5, 5.41) is 0. The van der Waals surface area contributed by atoms with Crippen LogP contribution in [-0.2, 0) is 34.1 Å². The van der Waals surface area contributed by atoms with Crippen molar-refractivity contribution in [1.29, 1.82) is 0 Å². The summed E-state index contributed by atoms with van der Waals surface area (Å²) in [6.07, 6.45) is 0. The SMILES string of the molecule is O=S(O)O.O=S(O)O.O=S(O)O. The van der Waals surface area contributed by atoms with Crippen molar-refractivity contribution < 1.29 is 39.9 Å². The molecule has 0 aromatic heterocycles. The summed E-state index contributed by atoms with van der Waals surface area (Å²) in [5.41, 5.74) is 0. The lowest BCUT2D eigenvalue weighted by Gasteiger charge is -1.59. The van der Waals surface area contributed by atoms with E-state index in [1.807, 2.05) is 0 Å². The molecule has 12 heavy (non-hydrogen) atoms. The Morgan fingerprint density at radius 2 is 0.500 bits per heavy atom. The summed E-state index contributed by atoms with van der Waals surface area (Å²) in [6.45, 7) is 0. The lowest BCUT2D eigenvalue weighted by Crippen LogP contribution is -1.74. The van der Waals surface area contributed by atoms with Crippen LogP contribution in [0.5, 0.6) is 0 Å². The number of rotatable bonds is 0. The Bertz CT molecular complexity index is 107. The van der Waals surface area contributed by atoms with Gasteiger partial charge in [-0.25, -0.2) is 0 Å². The zero-order chi connectivity index (χ0) is 10.7. The van der Waals surface area contributed by atoms with Crippen LogP contribution in [0, 0.1) is 0 Å². The number of hydrogen-bond acceptors (Lipinski definition) is 3. The van der Waals surface area contributed by atoms with Gasteiger partial charge in [0, 0.05) is 0 Å². The van der Waals surface area contributed by atoms with Gasteiger partial charge in [-0.05, 0) is 0 Å². The summed E-state index contributed by atoms with van der Waals surface area (Å²) in [6, 6.07) is 0. The molecule has 9 nitrogen and oxygen atoms in total. The maximum Gasteiger partial charge on any atom is 0.299 e. The van der Waals surface area contributed by atoms with Crippen molar-refractivity contribution >= 4 is 34.1 Å². The van der Waals surface area contributed by atoms with Gasteiger partial charge in [-0.15, -0.1) is 0 Å². The molecule has 6 N–H and O–H groups in total. The third-order valence-electron chi connectivity index (χ3n) is 0. The summed E-state index contributed by atoms with van der Waals surface area (Å²) in [4.78, 5) is 0. The first-order valence-corrected chi connectivity index (χ1v) is 4.79. The Hall–Kier alpha value is 0.210. The van der Waals surface area contributed by atoms with E-state index in [0.29, 0.717) is 0 Å². The molecule has 0 fully saturated rings. The summed E-state index contributed by atoms with van der Waals surface area (Å²) in [5.74, 6) is 0. The first kappa shape index (κ1) is 18.1. The molecule has 0 aliphatic rings. The Morgan fingerprint density at radius 1 is 0.500 bits per heavy atom. The second-order valence-corrected chi connectivity index (χ2v) is 2.08. The molecule has 12 heteroatoms. The van der Waals surface area contributed by atoms with Crippen LogP contribution in [0.1, 0.15) is 0 Å². The molecular weight excluding hydrogens is 240 g/mol. The Labute approximate surface area is 74.5 Å². The molecule has 0 aliphatic heterocycles. The van der Waals surface area contributed by atoms with Gasteiger partial charge in [0.15, 0.2) is 0 Å². The van der Waals surface area contributed by atoms with Crippen LogP contribution in [0.15, 0.2) is 0 Å². The maximum atomic E-state index is 8.67. The minimum Gasteiger partial charge on any atom is -0.284 e. The van der Waals surface area contributed by atoms with E-state index in [1.165, 1.54) is 0 Å². The van der Waals surface area contributed by atoms with Crippen molar-refractivity contribution in [2.75, 3.05) is 0 Å². The topological polar surface area (TPSA) is 173 Å². The molecule has 0 amide bonds. The molecule has 0 radical (unpaired) electrons. The van der Waals surface area contributed by atoms with E-state index in [1.54, 1.807) is 0 Å². The summed E-state index contributed by atoms with van der Waals surface area (Å²) < 4.78 is 68.5. The fourth-order valence-electron chi connectivity index (χ4n) is 0. The fraction of sp³-hybridized carbons (Fsp3) is 0. The van der Waals surface area contributed by atoms with Gasteiger partial charge in [0.1, 0.15) is 0 Å². The highest BCUT2D eigenvalue weighted by molar-refractivity contribution is 7.73. The normalized spacial score (nSPS) is 8.75. The monoisotopic (exact) mass is 246 g/mol. The molecular formula is H6O9S3. The lowest BCUT2D eigenvalue weighted by molar-refractivity contribution is 0.452. The third-order valence-corrected chi connectivity index (χ3v) is 0. The third kappa shape index (κ3) is 19600. The van der Waals surface area contributed by atoms with Gasteiger partial charge in [-0.2, -0.15) is 12.6 Å². The molecule has 0 saturated carbocycles. The van der Waals surface area contributed by atoms with Crippen molar-refractivity contribution in [3.05, 3.63) is 0 Å². The molecule has 78 valence electrons. The van der Waals surface area contributed by atoms with E-state index in [2.05, 4.69) is 0 Å². The predicted molar refractivity (Wildman–Crippen MR) is 40.2 cm³/mol. The molecule has 0 bridgehead atoms. The first-order chi connectivity index (χ1) is 5.20. The van der Waals surface area contributed by atoms with Crippen LogP contribution >= 0.6 is 0 Å². The molecule has 0 heterocycles. The van der Waals surface area contributed by atoms with E-state index in [-0.39, 0.29) is 0 Å². The molecule has 0 rings (SSSR count). The quantitative estimate of drug-likeness (QED) is 0.294. The minimum atomic E-state index is -2.61. The van der Waals surface area contributed by atoms with Gasteiger partial charge >= 0.3 is 0 Å². The average Bonchev–Trinajstić information content (AvgIpc) is 1.54. The van der Waals surface area contributed by atoms with Gasteiger partial charge in [-0.3, -0.25) is 27.3 Å². The van der Waals surface area contributed by atoms with Crippen molar-refractivity contribution in [1.82, 2.24) is 0 Å². The van der Waals surface area contributed by atoms with Crippen molar-refractivity contribution in [3.8, 4) is 0 Å². The standard InChI is InChI=1S/3H2O3S/c3*1-4(2)3/h3*(H2,1,2,3). The van der Waals surface area contributed by atoms with E-state index in [9.17, 15) is 0 Å². The molecule has 0 spiro atoms. The van der Waals surface area contributed by atoms with Gasteiger partial charge in [0.05, 0.1) is 0 Å². The first-order valence-electron chi connectivity index (χ1n) is 1.60. The second kappa shape index (κ2) is 13.8. The summed E-state index contributed by atoms with van der Waals surface area (Å²) in [7, 11) is 0. The molecule has 0 aromatic carbocycles. The molecule has 0 saturated heterocycles. The molecule has 0 aliphatic carbocycles. The Kier molecular flexibility index (Phi) is 20.8. The Balaban J connectivity index is -0.000000101. The summed E-state index contributed by atoms with van der Waals surface area (Å²) >= 11 is -7.83. The Morgan fingerprint density at radius 3 is 0.500 bits per heavy atom. The lowest BCUT2D eigenvalue weighted by atomic mass is 15.8. The van der Waals surface area contributed by atoms with E-state index >= 15 is 0 Å². The zero-order valence-corrected chi connectivity index (χ0v) is 7.58. The van der Waals surface area contributed by atoms with Gasteiger partial charge in [-0.1, -0.05) is 0 Å². The van der Waals surface area contributed by atoms with E-state index in [0.717, 1.165) is 0 Å². The highest BCUT2D eigenvalue weighted by Gasteiger charge is 1.63. The smallest absolute Gasteiger partial charge is 0.284 e. The minimum absolute atomic E-state index is 2.61. The van der Waals surface area contributed by atoms with Crippen molar-refractivity contribution in [3.63, 3.8) is 0 Å². The van der Waals surface area contributed by atoms with E-state index in [4.69, 9.17) is 39.9 Å². The van der Waals surface area contributed by atoms with Crippen LogP contribution in [-0.4, -0.2) is 39.9 Å². The fourth-order valence-corrected chi connectivity index (χ4v) is 0. The molecule has 0 aromatic rings. The van der Waals surface area contributed by atoms with Gasteiger partial charge in [0.25, 0.3) is 34.1 Å². The van der Waals surface area contributed by atoms with Crippen LogP contribution in [0.3, 0.4) is 0 Å². The van der Waals surface area contributed by atoms with Crippen LogP contribution < -0.4 is 0 Å². The van der Waals surface area contributed by atoms with Crippen LogP contribution in [0.2, 0.25) is 0 Å². The van der Waals surface area contributed by atoms with Crippen molar-refractivity contribution in [2.24, 2.45) is 0 Å².